The van der Waals surface area contributed by atoms with Gasteiger partial charge in [0.1, 0.15) is 0 Å². The Bertz CT molecular complexity index is 665. The lowest BCUT2D eigenvalue weighted by Crippen LogP contribution is -2.26. The highest BCUT2D eigenvalue weighted by Gasteiger charge is 2.18. The Morgan fingerprint density at radius 3 is 2.65 bits per heavy atom. The standard InChI is InChI=1S/C17H22BrN3O2/c1-4-23-11-5-10-19-17(22)16-12(2)20-21(13(16)3)15-8-6-14(18)7-9-15/h6-9H,4-5,10-11H2,1-3H3,(H,19,22). The Morgan fingerprint density at radius 2 is 2.00 bits per heavy atom. The quantitative estimate of drug-likeness (QED) is 0.749. The van der Waals surface area contributed by atoms with E-state index in [9.17, 15) is 4.79 Å². The third-order valence-corrected chi connectivity index (χ3v) is 4.07. The molecule has 5 nitrogen and oxygen atoms in total. The highest BCUT2D eigenvalue weighted by Crippen LogP contribution is 2.19. The normalized spacial score (nSPS) is 10.8. The van der Waals surface area contributed by atoms with Gasteiger partial charge in [-0.25, -0.2) is 4.68 Å². The van der Waals surface area contributed by atoms with E-state index in [0.29, 0.717) is 25.3 Å². The summed E-state index contributed by atoms with van der Waals surface area (Å²) >= 11 is 3.42. The van der Waals surface area contributed by atoms with Gasteiger partial charge in [-0.2, -0.15) is 5.10 Å². The zero-order valence-corrected chi connectivity index (χ0v) is 15.3. The fraction of sp³-hybridized carbons (Fsp3) is 0.412. The van der Waals surface area contributed by atoms with Crippen molar-refractivity contribution in [2.45, 2.75) is 27.2 Å². The maximum absolute atomic E-state index is 12.4. The van der Waals surface area contributed by atoms with Crippen molar-refractivity contribution in [2.24, 2.45) is 0 Å². The van der Waals surface area contributed by atoms with Crippen LogP contribution in [0.25, 0.3) is 5.69 Å². The molecule has 0 aliphatic heterocycles. The predicted molar refractivity (Wildman–Crippen MR) is 94.2 cm³/mol. The van der Waals surface area contributed by atoms with Crippen LogP contribution in [0.3, 0.4) is 0 Å². The topological polar surface area (TPSA) is 56.1 Å². The van der Waals surface area contributed by atoms with Crippen LogP contribution in [0.2, 0.25) is 0 Å². The monoisotopic (exact) mass is 379 g/mol. The first-order valence-electron chi connectivity index (χ1n) is 7.72. The van der Waals surface area contributed by atoms with Crippen LogP contribution in [-0.2, 0) is 4.74 Å². The van der Waals surface area contributed by atoms with Crippen LogP contribution >= 0.6 is 15.9 Å². The van der Waals surface area contributed by atoms with E-state index in [-0.39, 0.29) is 5.91 Å². The van der Waals surface area contributed by atoms with Crippen LogP contribution in [0.1, 0.15) is 35.1 Å². The van der Waals surface area contributed by atoms with Gasteiger partial charge in [-0.15, -0.1) is 0 Å². The summed E-state index contributed by atoms with van der Waals surface area (Å²) in [6, 6.07) is 7.85. The number of benzene rings is 1. The number of nitrogens with one attached hydrogen (secondary N) is 1. The summed E-state index contributed by atoms with van der Waals surface area (Å²) < 4.78 is 8.08. The van der Waals surface area contributed by atoms with Crippen LogP contribution in [0, 0.1) is 13.8 Å². The second kappa shape index (κ2) is 8.26. The predicted octanol–water partition coefficient (Wildman–Crippen LogP) is 3.41. The first-order valence-corrected chi connectivity index (χ1v) is 8.52. The van der Waals surface area contributed by atoms with Gasteiger partial charge in [-0.3, -0.25) is 4.79 Å². The molecule has 124 valence electrons. The molecule has 0 saturated carbocycles. The van der Waals surface area contributed by atoms with Gasteiger partial charge in [-0.05, 0) is 51.5 Å². The van der Waals surface area contributed by atoms with Crippen molar-refractivity contribution in [2.75, 3.05) is 19.8 Å². The van der Waals surface area contributed by atoms with Crippen LogP contribution in [-0.4, -0.2) is 35.4 Å². The van der Waals surface area contributed by atoms with E-state index >= 15 is 0 Å². The number of rotatable bonds is 7. The molecule has 0 atom stereocenters. The highest BCUT2D eigenvalue weighted by atomic mass is 79.9. The van der Waals surface area contributed by atoms with E-state index < -0.39 is 0 Å². The Kier molecular flexibility index (Phi) is 6.36. The van der Waals surface area contributed by atoms with Gasteiger partial charge < -0.3 is 10.1 Å². The first-order chi connectivity index (χ1) is 11.0. The Morgan fingerprint density at radius 1 is 1.30 bits per heavy atom. The molecule has 0 aliphatic carbocycles. The summed E-state index contributed by atoms with van der Waals surface area (Å²) in [6.07, 6.45) is 0.804. The Hall–Kier alpha value is -1.66. The molecule has 1 heterocycles. The lowest BCUT2D eigenvalue weighted by Gasteiger charge is -2.07. The summed E-state index contributed by atoms with van der Waals surface area (Å²) in [5.74, 6) is -0.0835. The minimum Gasteiger partial charge on any atom is -0.382 e. The van der Waals surface area contributed by atoms with Crippen LogP contribution in [0.5, 0.6) is 0 Å². The van der Waals surface area contributed by atoms with Crippen molar-refractivity contribution in [3.05, 3.63) is 45.7 Å². The van der Waals surface area contributed by atoms with Gasteiger partial charge in [0.2, 0.25) is 0 Å². The molecule has 1 N–H and O–H groups in total. The van der Waals surface area contributed by atoms with Gasteiger partial charge in [0.05, 0.1) is 22.6 Å². The summed E-state index contributed by atoms with van der Waals surface area (Å²) in [4.78, 5) is 12.4. The zero-order valence-electron chi connectivity index (χ0n) is 13.7. The van der Waals surface area contributed by atoms with Crippen molar-refractivity contribution in [1.82, 2.24) is 15.1 Å². The number of carbonyl (C=O) groups excluding carboxylic acids is 1. The van der Waals surface area contributed by atoms with E-state index in [1.165, 1.54) is 0 Å². The van der Waals surface area contributed by atoms with Gasteiger partial charge in [0.25, 0.3) is 5.91 Å². The van der Waals surface area contributed by atoms with Gasteiger partial charge in [0.15, 0.2) is 0 Å². The molecule has 0 aliphatic rings. The third-order valence-electron chi connectivity index (χ3n) is 3.54. The highest BCUT2D eigenvalue weighted by molar-refractivity contribution is 9.10. The molecule has 1 aromatic heterocycles. The van der Waals surface area contributed by atoms with E-state index in [1.807, 2.05) is 45.0 Å². The van der Waals surface area contributed by atoms with Crippen molar-refractivity contribution in [3.8, 4) is 5.69 Å². The molecule has 1 amide bonds. The summed E-state index contributed by atoms with van der Waals surface area (Å²) in [7, 11) is 0. The molecule has 2 aromatic rings. The number of aryl methyl sites for hydroxylation is 1. The smallest absolute Gasteiger partial charge is 0.255 e. The van der Waals surface area contributed by atoms with Crippen LogP contribution in [0.4, 0.5) is 0 Å². The fourth-order valence-electron chi connectivity index (χ4n) is 2.41. The van der Waals surface area contributed by atoms with Crippen LogP contribution < -0.4 is 5.32 Å². The van der Waals surface area contributed by atoms with Gasteiger partial charge in [0, 0.05) is 24.2 Å². The number of nitrogens with zero attached hydrogens (tertiary/aromatic N) is 2. The SMILES string of the molecule is CCOCCCNC(=O)c1c(C)nn(-c2ccc(Br)cc2)c1C. The lowest BCUT2D eigenvalue weighted by molar-refractivity contribution is 0.0943. The molecule has 0 bridgehead atoms. The zero-order chi connectivity index (χ0) is 16.8. The number of hydrogen-bond acceptors (Lipinski definition) is 3. The molecule has 0 unspecified atom stereocenters. The minimum absolute atomic E-state index is 0.0835. The average Bonchev–Trinajstić information content (AvgIpc) is 2.82. The average molecular weight is 380 g/mol. The Balaban J connectivity index is 2.11. The van der Waals surface area contributed by atoms with E-state index in [4.69, 9.17) is 4.74 Å². The number of ether oxygens (including phenoxy) is 1. The van der Waals surface area contributed by atoms with Crippen molar-refractivity contribution in [1.29, 1.82) is 0 Å². The maximum atomic E-state index is 12.4. The molecule has 1 aromatic carbocycles. The molecule has 23 heavy (non-hydrogen) atoms. The summed E-state index contributed by atoms with van der Waals surface area (Å²) in [5.41, 5.74) is 3.15. The second-order valence-electron chi connectivity index (χ2n) is 5.24. The fourth-order valence-corrected chi connectivity index (χ4v) is 2.68. The largest absolute Gasteiger partial charge is 0.382 e. The van der Waals surface area contributed by atoms with Crippen LogP contribution in [0.15, 0.2) is 28.7 Å². The minimum atomic E-state index is -0.0835. The molecular weight excluding hydrogens is 358 g/mol. The molecule has 6 heteroatoms. The molecular formula is C17H22BrN3O2. The number of aromatic nitrogens is 2. The molecule has 0 saturated heterocycles. The number of halogens is 1. The van der Waals surface area contributed by atoms with Crippen molar-refractivity contribution < 1.29 is 9.53 Å². The second-order valence-corrected chi connectivity index (χ2v) is 6.16. The first kappa shape index (κ1) is 17.7. The maximum Gasteiger partial charge on any atom is 0.255 e. The van der Waals surface area contributed by atoms with Crippen molar-refractivity contribution in [3.63, 3.8) is 0 Å². The molecule has 2 rings (SSSR count). The van der Waals surface area contributed by atoms with E-state index in [2.05, 4.69) is 26.3 Å². The summed E-state index contributed by atoms with van der Waals surface area (Å²) in [5, 5.41) is 7.44. The van der Waals surface area contributed by atoms with Gasteiger partial charge in [-0.1, -0.05) is 15.9 Å². The molecule has 0 radical (unpaired) electrons. The lowest BCUT2D eigenvalue weighted by atomic mass is 10.2. The third kappa shape index (κ3) is 4.42. The molecule has 0 fully saturated rings. The Labute approximate surface area is 145 Å². The van der Waals surface area contributed by atoms with E-state index in [0.717, 1.165) is 28.0 Å². The number of carbonyl (C=O) groups is 1. The van der Waals surface area contributed by atoms with Crippen molar-refractivity contribution >= 4 is 21.8 Å². The van der Waals surface area contributed by atoms with Gasteiger partial charge >= 0.3 is 0 Å². The molecule has 0 spiro atoms. The number of amides is 1. The van der Waals surface area contributed by atoms with E-state index in [1.54, 1.807) is 4.68 Å². The summed E-state index contributed by atoms with van der Waals surface area (Å²) in [6.45, 7) is 7.69. The number of hydrogen-bond donors (Lipinski definition) is 1.